The van der Waals surface area contributed by atoms with E-state index in [1.807, 2.05) is 60.7 Å². The molecule has 2 aliphatic heterocycles. The highest BCUT2D eigenvalue weighted by Crippen LogP contribution is 2.35. The second-order valence-electron chi connectivity index (χ2n) is 5.01. The van der Waals surface area contributed by atoms with Gasteiger partial charge in [-0.05, 0) is 11.8 Å². The molecule has 2 aromatic carbocycles. The van der Waals surface area contributed by atoms with E-state index >= 15 is 0 Å². The summed E-state index contributed by atoms with van der Waals surface area (Å²) in [6, 6.07) is 18.4. The molecule has 0 bridgehead atoms. The highest BCUT2D eigenvalue weighted by atomic mass is 16.3. The van der Waals surface area contributed by atoms with Crippen LogP contribution in [-0.4, -0.2) is 11.4 Å². The first-order valence-electron chi connectivity index (χ1n) is 6.87. The molecule has 0 amide bonds. The molecule has 0 saturated heterocycles. The van der Waals surface area contributed by atoms with Gasteiger partial charge in [0.2, 0.25) is 0 Å². The zero-order valence-corrected chi connectivity index (χ0v) is 11.5. The number of nitrogens with zero attached hydrogens (tertiary/aromatic N) is 2. The minimum absolute atomic E-state index is 0.315. The van der Waals surface area contributed by atoms with E-state index in [1.165, 1.54) is 0 Å². The molecule has 2 aromatic rings. The molecular weight excluding hydrogens is 276 g/mol. The van der Waals surface area contributed by atoms with Gasteiger partial charge in [-0.3, -0.25) is 9.98 Å². The predicted octanol–water partition coefficient (Wildman–Crippen LogP) is 1.14. The van der Waals surface area contributed by atoms with Crippen molar-refractivity contribution in [2.75, 3.05) is 0 Å². The zero-order valence-electron chi connectivity index (χ0n) is 11.5. The van der Waals surface area contributed by atoms with Crippen molar-refractivity contribution in [1.29, 1.82) is 0 Å². The van der Waals surface area contributed by atoms with Crippen LogP contribution in [0, 0.1) is 0 Å². The van der Waals surface area contributed by atoms with Crippen molar-refractivity contribution in [2.24, 2.45) is 9.98 Å². The van der Waals surface area contributed by atoms with E-state index in [4.69, 9.17) is 0 Å². The molecule has 0 N–H and O–H groups in total. The highest BCUT2D eigenvalue weighted by molar-refractivity contribution is 6.30. The number of hydrogen-bond acceptors (Lipinski definition) is 4. The number of benzene rings is 2. The minimum atomic E-state index is -0.401. The van der Waals surface area contributed by atoms with Crippen molar-refractivity contribution in [3.05, 3.63) is 94.7 Å². The fraction of sp³-hybridized carbons (Fsp3) is 0. The van der Waals surface area contributed by atoms with Gasteiger partial charge < -0.3 is 10.2 Å². The van der Waals surface area contributed by atoms with E-state index in [9.17, 15) is 10.2 Å². The number of hydrogen-bond donors (Lipinski definition) is 0. The second kappa shape index (κ2) is 4.70. The minimum Gasteiger partial charge on any atom is -0.858 e. The fourth-order valence-electron chi connectivity index (χ4n) is 2.69. The Morgan fingerprint density at radius 2 is 0.909 bits per heavy atom. The molecule has 4 nitrogen and oxygen atoms in total. The molecule has 0 unspecified atom stereocenters. The molecule has 0 radical (unpaired) electrons. The number of fused-ring (bicyclic) bond motifs is 1. The second-order valence-corrected chi connectivity index (χ2v) is 5.01. The average Bonchev–Trinajstić information content (AvgIpc) is 3.09. The SMILES string of the molecule is [O-]C1=C2C(c3ccccc3)=NC([O-])=C2C(c2ccccc2)=N1. The third-order valence-electron chi connectivity index (χ3n) is 3.67. The lowest BCUT2D eigenvalue weighted by molar-refractivity contribution is -0.306. The van der Waals surface area contributed by atoms with Crippen LogP contribution in [0.4, 0.5) is 0 Å². The summed E-state index contributed by atoms with van der Waals surface area (Å²) in [7, 11) is 0. The van der Waals surface area contributed by atoms with Crippen molar-refractivity contribution < 1.29 is 10.2 Å². The Balaban J connectivity index is 1.82. The molecule has 0 spiro atoms. The standard InChI is InChI=1S/C18H12N2O2/c21-17-13-14(16(20-17)12-9-5-2-6-10-12)18(22)19-15(13)11-7-3-1-4-8-11/h1-10H,(H,19,22)(H,20,21)/p-2. The summed E-state index contributed by atoms with van der Waals surface area (Å²) in [6.45, 7) is 0. The van der Waals surface area contributed by atoms with Crippen LogP contribution in [0.2, 0.25) is 0 Å². The Morgan fingerprint density at radius 3 is 1.27 bits per heavy atom. The Hall–Kier alpha value is -3.14. The first kappa shape index (κ1) is 12.6. The molecule has 2 heterocycles. The lowest BCUT2D eigenvalue weighted by Gasteiger charge is -2.10. The topological polar surface area (TPSA) is 70.8 Å². The summed E-state index contributed by atoms with van der Waals surface area (Å²) < 4.78 is 0. The summed E-state index contributed by atoms with van der Waals surface area (Å²) in [5, 5.41) is 24.6. The van der Waals surface area contributed by atoms with Gasteiger partial charge in [-0.15, -0.1) is 0 Å². The molecule has 0 aliphatic carbocycles. The summed E-state index contributed by atoms with van der Waals surface area (Å²) >= 11 is 0. The molecule has 0 saturated carbocycles. The zero-order chi connectivity index (χ0) is 15.1. The van der Waals surface area contributed by atoms with Gasteiger partial charge in [0.1, 0.15) is 0 Å². The molecule has 0 aromatic heterocycles. The van der Waals surface area contributed by atoms with E-state index in [-0.39, 0.29) is 0 Å². The van der Waals surface area contributed by atoms with E-state index in [1.54, 1.807) is 0 Å². The Bertz CT molecular complexity index is 800. The van der Waals surface area contributed by atoms with Gasteiger partial charge in [0.15, 0.2) is 0 Å². The molecule has 2 aliphatic rings. The molecule has 22 heavy (non-hydrogen) atoms. The molecule has 0 fully saturated rings. The quantitative estimate of drug-likeness (QED) is 0.830. The molecular formula is C18H10N2O2-2. The maximum absolute atomic E-state index is 12.3. The van der Waals surface area contributed by atoms with Crippen molar-refractivity contribution >= 4 is 11.4 Å². The van der Waals surface area contributed by atoms with Crippen LogP contribution in [0.15, 0.2) is 93.6 Å². The highest BCUT2D eigenvalue weighted by Gasteiger charge is 2.29. The summed E-state index contributed by atoms with van der Waals surface area (Å²) in [6.07, 6.45) is 0. The van der Waals surface area contributed by atoms with Crippen molar-refractivity contribution in [2.45, 2.75) is 0 Å². The predicted molar refractivity (Wildman–Crippen MR) is 80.0 cm³/mol. The largest absolute Gasteiger partial charge is 0.858 e. The van der Waals surface area contributed by atoms with Crippen LogP contribution < -0.4 is 10.2 Å². The van der Waals surface area contributed by atoms with Crippen LogP contribution in [0.3, 0.4) is 0 Å². The Labute approximate surface area is 127 Å². The van der Waals surface area contributed by atoms with Crippen LogP contribution in [-0.2, 0) is 0 Å². The van der Waals surface area contributed by atoms with E-state index < -0.39 is 11.8 Å². The molecule has 4 rings (SSSR count). The van der Waals surface area contributed by atoms with Crippen molar-refractivity contribution in [3.8, 4) is 0 Å². The van der Waals surface area contributed by atoms with Gasteiger partial charge in [0.25, 0.3) is 0 Å². The maximum atomic E-state index is 12.3. The van der Waals surface area contributed by atoms with Gasteiger partial charge in [0.05, 0.1) is 11.4 Å². The first-order valence-corrected chi connectivity index (χ1v) is 6.87. The first-order chi connectivity index (χ1) is 10.8. The normalized spacial score (nSPS) is 16.7. The molecule has 106 valence electrons. The summed E-state index contributed by atoms with van der Waals surface area (Å²) in [5.41, 5.74) is 2.96. The van der Waals surface area contributed by atoms with Crippen LogP contribution in [0.5, 0.6) is 0 Å². The third kappa shape index (κ3) is 1.78. The lowest BCUT2D eigenvalue weighted by atomic mass is 9.94. The van der Waals surface area contributed by atoms with E-state index in [0.717, 1.165) is 11.1 Å². The smallest absolute Gasteiger partial charge is 0.0783 e. The van der Waals surface area contributed by atoms with Gasteiger partial charge in [-0.1, -0.05) is 60.7 Å². The maximum Gasteiger partial charge on any atom is 0.0783 e. The Morgan fingerprint density at radius 1 is 0.545 bits per heavy atom. The molecule has 4 heteroatoms. The van der Waals surface area contributed by atoms with Gasteiger partial charge >= 0.3 is 0 Å². The fourth-order valence-corrected chi connectivity index (χ4v) is 2.69. The van der Waals surface area contributed by atoms with Gasteiger partial charge in [-0.25, -0.2) is 0 Å². The van der Waals surface area contributed by atoms with Crippen molar-refractivity contribution in [1.82, 2.24) is 0 Å². The third-order valence-corrected chi connectivity index (χ3v) is 3.67. The Kier molecular flexibility index (Phi) is 2.69. The monoisotopic (exact) mass is 286 g/mol. The average molecular weight is 286 g/mol. The van der Waals surface area contributed by atoms with Crippen LogP contribution in [0.25, 0.3) is 0 Å². The lowest BCUT2D eigenvalue weighted by Crippen LogP contribution is -2.11. The van der Waals surface area contributed by atoms with Crippen LogP contribution in [0.1, 0.15) is 11.1 Å². The summed E-state index contributed by atoms with van der Waals surface area (Å²) in [5.74, 6) is -0.801. The van der Waals surface area contributed by atoms with Crippen molar-refractivity contribution in [3.63, 3.8) is 0 Å². The molecule has 0 atom stereocenters. The van der Waals surface area contributed by atoms with Crippen LogP contribution >= 0.6 is 0 Å². The van der Waals surface area contributed by atoms with E-state index in [2.05, 4.69) is 9.98 Å². The van der Waals surface area contributed by atoms with Gasteiger partial charge in [0, 0.05) is 22.3 Å². The summed E-state index contributed by atoms with van der Waals surface area (Å²) in [4.78, 5) is 8.14. The van der Waals surface area contributed by atoms with E-state index in [0.29, 0.717) is 22.6 Å². The number of rotatable bonds is 2. The van der Waals surface area contributed by atoms with Gasteiger partial charge in [-0.2, -0.15) is 0 Å². The number of aliphatic imine (C=N–C) groups is 2. The number of allylic oxidation sites excluding steroid dienone is 2.